The van der Waals surface area contributed by atoms with Crippen LogP contribution in [0.5, 0.6) is 0 Å². The lowest BCUT2D eigenvalue weighted by Crippen LogP contribution is -2.43. The quantitative estimate of drug-likeness (QED) is 0.621. The van der Waals surface area contributed by atoms with Gasteiger partial charge in [-0.1, -0.05) is 12.8 Å². The molecule has 0 unspecified atom stereocenters. The highest BCUT2D eigenvalue weighted by molar-refractivity contribution is 5.78. The molecule has 3 N–H and O–H groups in total. The molecule has 1 saturated carbocycles. The molecule has 0 aromatic rings. The predicted octanol–water partition coefficient (Wildman–Crippen LogP) is 0.406. The molecule has 1 amide bonds. The van der Waals surface area contributed by atoms with Gasteiger partial charge in [-0.2, -0.15) is 0 Å². The van der Waals surface area contributed by atoms with Crippen LogP contribution in [-0.2, 0) is 4.79 Å². The zero-order chi connectivity index (χ0) is 11.3. The third-order valence-corrected chi connectivity index (χ3v) is 2.72. The van der Waals surface area contributed by atoms with Crippen LogP contribution in [0.3, 0.4) is 0 Å². The average molecular weight is 214 g/mol. The highest BCUT2D eigenvalue weighted by Crippen LogP contribution is 2.28. The number of rotatable bonds is 5. The van der Waals surface area contributed by atoms with E-state index < -0.39 is 5.60 Å². The van der Waals surface area contributed by atoms with E-state index in [4.69, 9.17) is 0 Å². The van der Waals surface area contributed by atoms with Crippen molar-refractivity contribution >= 4 is 5.91 Å². The van der Waals surface area contributed by atoms with Crippen molar-refractivity contribution < 1.29 is 9.90 Å². The molecule has 0 bridgehead atoms. The second-order valence-electron chi connectivity index (χ2n) is 4.76. The maximum Gasteiger partial charge on any atom is 0.234 e. The molecule has 0 aliphatic heterocycles. The highest BCUT2D eigenvalue weighted by atomic mass is 16.3. The summed E-state index contributed by atoms with van der Waals surface area (Å²) in [5.74, 6) is -0.00778. The summed E-state index contributed by atoms with van der Waals surface area (Å²) in [5.41, 5.74) is -0.571. The Hall–Kier alpha value is -0.610. The average Bonchev–Trinajstić information content (AvgIpc) is 2.51. The van der Waals surface area contributed by atoms with E-state index >= 15 is 0 Å². The number of hydrogen-bond donors (Lipinski definition) is 3. The molecular formula is C11H22N2O2. The Balaban J connectivity index is 2.12. The van der Waals surface area contributed by atoms with E-state index in [1.165, 1.54) is 0 Å². The van der Waals surface area contributed by atoms with Crippen molar-refractivity contribution in [3.05, 3.63) is 0 Å². The first-order valence-corrected chi connectivity index (χ1v) is 5.74. The summed E-state index contributed by atoms with van der Waals surface area (Å²) in [6, 6.07) is 0.175. The Morgan fingerprint density at radius 2 is 2.00 bits per heavy atom. The van der Waals surface area contributed by atoms with Crippen LogP contribution in [0.15, 0.2) is 0 Å². The third kappa shape index (κ3) is 4.62. The molecule has 4 heteroatoms. The highest BCUT2D eigenvalue weighted by Gasteiger charge is 2.30. The maximum atomic E-state index is 11.3. The number of aliphatic hydroxyl groups is 1. The summed E-state index contributed by atoms with van der Waals surface area (Å²) in [5, 5.41) is 15.8. The minimum atomic E-state index is -0.571. The number of nitrogens with one attached hydrogen (secondary N) is 2. The van der Waals surface area contributed by atoms with Gasteiger partial charge in [0.05, 0.1) is 12.1 Å². The third-order valence-electron chi connectivity index (χ3n) is 2.72. The number of carbonyl (C=O) groups is 1. The first kappa shape index (κ1) is 12.5. The maximum absolute atomic E-state index is 11.3. The molecule has 0 aromatic carbocycles. The van der Waals surface area contributed by atoms with Crippen LogP contribution in [0.2, 0.25) is 0 Å². The number of amides is 1. The summed E-state index contributed by atoms with van der Waals surface area (Å²) in [4.78, 5) is 11.3. The van der Waals surface area contributed by atoms with Crippen molar-refractivity contribution in [1.29, 1.82) is 0 Å². The standard InChI is InChI=1S/C11H22N2O2/c1-9(2)13-10(14)7-12-8-11(15)5-3-4-6-11/h9,12,15H,3-8H2,1-2H3,(H,13,14). The molecule has 1 aliphatic rings. The minimum absolute atomic E-state index is 0.00778. The van der Waals surface area contributed by atoms with Gasteiger partial charge in [0.2, 0.25) is 5.91 Å². The summed E-state index contributed by atoms with van der Waals surface area (Å²) in [6.45, 7) is 4.68. The Morgan fingerprint density at radius 1 is 1.40 bits per heavy atom. The lowest BCUT2D eigenvalue weighted by molar-refractivity contribution is -0.120. The fraction of sp³-hybridized carbons (Fsp3) is 0.909. The lowest BCUT2D eigenvalue weighted by atomic mass is 10.0. The molecule has 0 saturated heterocycles. The summed E-state index contributed by atoms with van der Waals surface area (Å²) in [6.07, 6.45) is 3.89. The summed E-state index contributed by atoms with van der Waals surface area (Å²) < 4.78 is 0. The van der Waals surface area contributed by atoms with Crippen molar-refractivity contribution in [1.82, 2.24) is 10.6 Å². The topological polar surface area (TPSA) is 61.4 Å². The molecule has 88 valence electrons. The Labute approximate surface area is 91.4 Å². The van der Waals surface area contributed by atoms with Crippen LogP contribution < -0.4 is 10.6 Å². The lowest BCUT2D eigenvalue weighted by Gasteiger charge is -2.22. The van der Waals surface area contributed by atoms with Gasteiger partial charge in [0.15, 0.2) is 0 Å². The monoisotopic (exact) mass is 214 g/mol. The SMILES string of the molecule is CC(C)NC(=O)CNCC1(O)CCCC1. The fourth-order valence-corrected chi connectivity index (χ4v) is 1.99. The molecular weight excluding hydrogens is 192 g/mol. The zero-order valence-electron chi connectivity index (χ0n) is 9.68. The molecule has 0 radical (unpaired) electrons. The van der Waals surface area contributed by atoms with Crippen molar-refractivity contribution in [2.45, 2.75) is 51.2 Å². The van der Waals surface area contributed by atoms with E-state index in [0.717, 1.165) is 25.7 Å². The van der Waals surface area contributed by atoms with E-state index in [2.05, 4.69) is 10.6 Å². The summed E-state index contributed by atoms with van der Waals surface area (Å²) >= 11 is 0. The Kier molecular flexibility index (Phi) is 4.54. The normalized spacial score (nSPS) is 19.5. The van der Waals surface area contributed by atoms with Crippen molar-refractivity contribution in [3.63, 3.8) is 0 Å². The molecule has 4 nitrogen and oxygen atoms in total. The smallest absolute Gasteiger partial charge is 0.234 e. The number of hydrogen-bond acceptors (Lipinski definition) is 3. The van der Waals surface area contributed by atoms with Crippen LogP contribution in [0.25, 0.3) is 0 Å². The largest absolute Gasteiger partial charge is 0.389 e. The molecule has 0 spiro atoms. The van der Waals surface area contributed by atoms with E-state index in [0.29, 0.717) is 13.1 Å². The molecule has 0 aromatic heterocycles. The number of carbonyl (C=O) groups excluding carboxylic acids is 1. The zero-order valence-corrected chi connectivity index (χ0v) is 9.68. The van der Waals surface area contributed by atoms with Crippen molar-refractivity contribution in [3.8, 4) is 0 Å². The van der Waals surface area contributed by atoms with Gasteiger partial charge in [-0.25, -0.2) is 0 Å². The van der Waals surface area contributed by atoms with Crippen LogP contribution >= 0.6 is 0 Å². The van der Waals surface area contributed by atoms with Gasteiger partial charge in [0.25, 0.3) is 0 Å². The molecule has 1 fully saturated rings. The first-order chi connectivity index (χ1) is 7.02. The van der Waals surface area contributed by atoms with Gasteiger partial charge >= 0.3 is 0 Å². The van der Waals surface area contributed by atoms with Crippen LogP contribution in [0.1, 0.15) is 39.5 Å². The van der Waals surface area contributed by atoms with Crippen LogP contribution in [-0.4, -0.2) is 35.7 Å². The predicted molar refractivity (Wildman–Crippen MR) is 59.6 cm³/mol. The van der Waals surface area contributed by atoms with Crippen LogP contribution in [0, 0.1) is 0 Å². The molecule has 1 rings (SSSR count). The van der Waals surface area contributed by atoms with Crippen molar-refractivity contribution in [2.24, 2.45) is 0 Å². The second kappa shape index (κ2) is 5.47. The molecule has 15 heavy (non-hydrogen) atoms. The van der Waals surface area contributed by atoms with Crippen molar-refractivity contribution in [2.75, 3.05) is 13.1 Å². The Morgan fingerprint density at radius 3 is 2.53 bits per heavy atom. The van der Waals surface area contributed by atoms with Crippen LogP contribution in [0.4, 0.5) is 0 Å². The molecule has 0 heterocycles. The van der Waals surface area contributed by atoms with E-state index in [9.17, 15) is 9.90 Å². The summed E-state index contributed by atoms with van der Waals surface area (Å²) in [7, 11) is 0. The van der Waals surface area contributed by atoms with E-state index in [1.807, 2.05) is 13.8 Å². The van der Waals surface area contributed by atoms with Gasteiger partial charge in [-0.05, 0) is 26.7 Å². The van der Waals surface area contributed by atoms with Gasteiger partial charge in [-0.15, -0.1) is 0 Å². The fourth-order valence-electron chi connectivity index (χ4n) is 1.99. The van der Waals surface area contributed by atoms with E-state index in [-0.39, 0.29) is 11.9 Å². The van der Waals surface area contributed by atoms with Gasteiger partial charge in [0, 0.05) is 12.6 Å². The van der Waals surface area contributed by atoms with Gasteiger partial charge in [0.1, 0.15) is 0 Å². The van der Waals surface area contributed by atoms with Gasteiger partial charge < -0.3 is 15.7 Å². The Bertz CT molecular complexity index is 211. The van der Waals surface area contributed by atoms with E-state index in [1.54, 1.807) is 0 Å². The molecule has 0 atom stereocenters. The second-order valence-corrected chi connectivity index (χ2v) is 4.76. The first-order valence-electron chi connectivity index (χ1n) is 5.74. The minimum Gasteiger partial charge on any atom is -0.389 e. The molecule has 1 aliphatic carbocycles. The van der Waals surface area contributed by atoms with Gasteiger partial charge in [-0.3, -0.25) is 4.79 Å².